The number of fused-ring (bicyclic) bond motifs is 1. The van der Waals surface area contributed by atoms with E-state index in [2.05, 4.69) is 0 Å². The maximum atomic E-state index is 14.3. The largest absolute Gasteiger partial charge is 0.395 e. The third-order valence-electron chi connectivity index (χ3n) is 3.79. The highest BCUT2D eigenvalue weighted by atomic mass is 35.5. The van der Waals surface area contributed by atoms with Crippen molar-refractivity contribution in [3.63, 3.8) is 0 Å². The van der Waals surface area contributed by atoms with Crippen LogP contribution in [-0.2, 0) is 13.1 Å². The van der Waals surface area contributed by atoms with Crippen molar-refractivity contribution in [2.45, 2.75) is 13.1 Å². The summed E-state index contributed by atoms with van der Waals surface area (Å²) in [5.41, 5.74) is 8.82. The molecule has 3 N–H and O–H groups in total. The summed E-state index contributed by atoms with van der Waals surface area (Å²) in [5.74, 6) is -0.305. The lowest BCUT2D eigenvalue weighted by molar-refractivity contribution is 0.276. The van der Waals surface area contributed by atoms with Crippen LogP contribution >= 0.6 is 24.0 Å². The van der Waals surface area contributed by atoms with Crippen molar-refractivity contribution in [3.05, 3.63) is 59.0 Å². The number of nitrogens with two attached hydrogens (primary N) is 1. The van der Waals surface area contributed by atoms with Gasteiger partial charge < -0.3 is 15.4 Å². The summed E-state index contributed by atoms with van der Waals surface area (Å²) >= 11 is 6.12. The van der Waals surface area contributed by atoms with Crippen molar-refractivity contribution in [3.8, 4) is 11.1 Å². The first-order valence-corrected chi connectivity index (χ1v) is 7.41. The molecule has 0 radical (unpaired) electrons. The molecule has 0 bridgehead atoms. The van der Waals surface area contributed by atoms with E-state index in [0.29, 0.717) is 17.1 Å². The summed E-state index contributed by atoms with van der Waals surface area (Å²) in [7, 11) is 0. The summed E-state index contributed by atoms with van der Waals surface area (Å²) in [6.45, 7) is 0.630. The first-order chi connectivity index (χ1) is 10.7. The van der Waals surface area contributed by atoms with Gasteiger partial charge >= 0.3 is 0 Å². The smallest absolute Gasteiger partial charge is 0.131 e. The second kappa shape index (κ2) is 7.32. The molecule has 1 heterocycles. The third kappa shape index (κ3) is 3.08. The Kier molecular flexibility index (Phi) is 5.65. The maximum Gasteiger partial charge on any atom is 0.131 e. The highest BCUT2D eigenvalue weighted by Crippen LogP contribution is 2.37. The van der Waals surface area contributed by atoms with Gasteiger partial charge in [0.25, 0.3) is 0 Å². The van der Waals surface area contributed by atoms with Gasteiger partial charge in [-0.05, 0) is 24.3 Å². The molecule has 3 nitrogen and oxygen atoms in total. The first kappa shape index (κ1) is 17.8. The highest BCUT2D eigenvalue weighted by molar-refractivity contribution is 6.31. The standard InChI is InChI=1S/C17H16ClFN2O.ClH/c18-11-5-6-15-13(9-11)17(12-3-1-2-4-14(12)19)16(10-20)21(15)7-8-22;/h1-6,9,22H,7-8,10,20H2;1H. The molecule has 0 unspecified atom stereocenters. The predicted octanol–water partition coefficient (Wildman–Crippen LogP) is 3.97. The van der Waals surface area contributed by atoms with Crippen molar-refractivity contribution in [1.82, 2.24) is 4.57 Å². The van der Waals surface area contributed by atoms with Crippen LogP contribution in [0.5, 0.6) is 0 Å². The number of aromatic nitrogens is 1. The Balaban J connectivity index is 0.00000192. The summed E-state index contributed by atoms with van der Waals surface area (Å²) in [6, 6.07) is 12.1. The van der Waals surface area contributed by atoms with Crippen LogP contribution < -0.4 is 5.73 Å². The lowest BCUT2D eigenvalue weighted by Crippen LogP contribution is -2.10. The number of rotatable bonds is 4. The van der Waals surface area contributed by atoms with Crippen LogP contribution in [0.15, 0.2) is 42.5 Å². The summed E-state index contributed by atoms with van der Waals surface area (Å²) in [4.78, 5) is 0. The van der Waals surface area contributed by atoms with Crippen molar-refractivity contribution in [1.29, 1.82) is 0 Å². The summed E-state index contributed by atoms with van der Waals surface area (Å²) < 4.78 is 16.2. The second-order valence-electron chi connectivity index (χ2n) is 5.04. The maximum absolute atomic E-state index is 14.3. The van der Waals surface area contributed by atoms with E-state index >= 15 is 0 Å². The normalized spacial score (nSPS) is 10.8. The van der Waals surface area contributed by atoms with Gasteiger partial charge in [-0.1, -0.05) is 29.8 Å². The van der Waals surface area contributed by atoms with Gasteiger partial charge in [0, 0.05) is 45.8 Å². The molecule has 0 aliphatic carbocycles. The molecule has 6 heteroatoms. The van der Waals surface area contributed by atoms with Gasteiger partial charge in [-0.3, -0.25) is 0 Å². The average molecular weight is 355 g/mol. The lowest BCUT2D eigenvalue weighted by Gasteiger charge is -2.09. The Labute approximate surface area is 144 Å². The SMILES string of the molecule is Cl.NCc1c(-c2ccccc2F)c2cc(Cl)ccc2n1CCO. The fraction of sp³-hybridized carbons (Fsp3) is 0.176. The van der Waals surface area contributed by atoms with E-state index in [-0.39, 0.29) is 31.4 Å². The van der Waals surface area contributed by atoms with E-state index < -0.39 is 0 Å². The number of hydrogen-bond acceptors (Lipinski definition) is 2. The Morgan fingerprint density at radius 3 is 2.57 bits per heavy atom. The molecule has 1 aromatic heterocycles. The molecule has 3 aromatic rings. The molecule has 3 rings (SSSR count). The van der Waals surface area contributed by atoms with Crippen LogP contribution in [-0.4, -0.2) is 16.3 Å². The van der Waals surface area contributed by atoms with Crippen molar-refractivity contribution in [2.24, 2.45) is 5.73 Å². The molecule has 0 amide bonds. The number of hydrogen-bond donors (Lipinski definition) is 2. The minimum atomic E-state index is -0.305. The van der Waals surface area contributed by atoms with E-state index in [1.807, 2.05) is 16.7 Å². The Bertz CT molecular complexity index is 833. The van der Waals surface area contributed by atoms with Gasteiger partial charge in [0.15, 0.2) is 0 Å². The molecule has 0 saturated heterocycles. The van der Waals surface area contributed by atoms with E-state index in [4.69, 9.17) is 17.3 Å². The summed E-state index contributed by atoms with van der Waals surface area (Å²) in [6.07, 6.45) is 0. The zero-order valence-corrected chi connectivity index (χ0v) is 13.9. The van der Waals surface area contributed by atoms with E-state index in [0.717, 1.165) is 22.2 Å². The summed E-state index contributed by atoms with van der Waals surface area (Å²) in [5, 5.41) is 10.7. The molecule has 0 aliphatic rings. The molecular weight excluding hydrogens is 338 g/mol. The highest BCUT2D eigenvalue weighted by Gasteiger charge is 2.19. The lowest BCUT2D eigenvalue weighted by atomic mass is 10.0. The Hall–Kier alpha value is -1.59. The van der Waals surface area contributed by atoms with E-state index in [9.17, 15) is 9.50 Å². The Morgan fingerprint density at radius 2 is 1.91 bits per heavy atom. The first-order valence-electron chi connectivity index (χ1n) is 7.03. The van der Waals surface area contributed by atoms with Crippen LogP contribution in [0.3, 0.4) is 0 Å². The third-order valence-corrected chi connectivity index (χ3v) is 4.03. The number of nitrogens with zero attached hydrogens (tertiary/aromatic N) is 1. The topological polar surface area (TPSA) is 51.2 Å². The van der Waals surface area contributed by atoms with Crippen LogP contribution in [0.25, 0.3) is 22.0 Å². The molecule has 122 valence electrons. The van der Waals surface area contributed by atoms with Gasteiger partial charge in [0.05, 0.1) is 6.61 Å². The van der Waals surface area contributed by atoms with Gasteiger partial charge in [-0.25, -0.2) is 4.39 Å². The Morgan fingerprint density at radius 1 is 1.17 bits per heavy atom. The number of aliphatic hydroxyl groups is 1. The zero-order valence-electron chi connectivity index (χ0n) is 12.3. The molecule has 0 spiro atoms. The van der Waals surface area contributed by atoms with Crippen molar-refractivity contribution in [2.75, 3.05) is 6.61 Å². The molecule has 0 atom stereocenters. The minimum Gasteiger partial charge on any atom is -0.395 e. The van der Waals surface area contributed by atoms with Crippen LogP contribution in [0.1, 0.15) is 5.69 Å². The zero-order chi connectivity index (χ0) is 15.7. The number of aliphatic hydroxyl groups excluding tert-OH is 1. The van der Waals surface area contributed by atoms with Crippen LogP contribution in [0, 0.1) is 5.82 Å². The van der Waals surface area contributed by atoms with Gasteiger partial charge in [0.2, 0.25) is 0 Å². The van der Waals surface area contributed by atoms with Crippen LogP contribution in [0.2, 0.25) is 5.02 Å². The van der Waals surface area contributed by atoms with E-state index in [1.54, 1.807) is 24.3 Å². The molecule has 0 saturated carbocycles. The quantitative estimate of drug-likeness (QED) is 0.744. The van der Waals surface area contributed by atoms with Crippen molar-refractivity contribution >= 4 is 34.9 Å². The molecule has 0 aliphatic heterocycles. The predicted molar refractivity (Wildman–Crippen MR) is 94.6 cm³/mol. The number of benzene rings is 2. The fourth-order valence-corrected chi connectivity index (χ4v) is 3.08. The van der Waals surface area contributed by atoms with E-state index in [1.165, 1.54) is 6.07 Å². The van der Waals surface area contributed by atoms with Gasteiger partial charge in [0.1, 0.15) is 5.82 Å². The van der Waals surface area contributed by atoms with Gasteiger partial charge in [-0.2, -0.15) is 0 Å². The van der Waals surface area contributed by atoms with Crippen LogP contribution in [0.4, 0.5) is 4.39 Å². The molecular formula is C17H17Cl2FN2O. The molecule has 2 aromatic carbocycles. The van der Waals surface area contributed by atoms with Gasteiger partial charge in [-0.15, -0.1) is 12.4 Å². The minimum absolute atomic E-state index is 0. The second-order valence-corrected chi connectivity index (χ2v) is 5.48. The van der Waals surface area contributed by atoms with Crippen molar-refractivity contribution < 1.29 is 9.50 Å². The monoisotopic (exact) mass is 354 g/mol. The number of halogens is 3. The average Bonchev–Trinajstić information content (AvgIpc) is 2.81. The fourth-order valence-electron chi connectivity index (χ4n) is 2.91. The molecule has 23 heavy (non-hydrogen) atoms. The molecule has 0 fully saturated rings.